The fourth-order valence-corrected chi connectivity index (χ4v) is 3.42. The molecule has 1 atom stereocenters. The standard InChI is InChI=1S/C19H29N3O5/c1-13(2)11-15(20-17(23)14-3-7-25-8-4-14)18-21-16(12-27-18)19(24)22-5-9-26-10-6-22/h12-15H,3-11H2,1-2H3,(H,20,23)/t15-/m0/s1. The van der Waals surface area contributed by atoms with Crippen LogP contribution in [-0.4, -0.2) is 61.2 Å². The summed E-state index contributed by atoms with van der Waals surface area (Å²) in [4.78, 5) is 31.3. The Morgan fingerprint density at radius 3 is 2.52 bits per heavy atom. The number of nitrogens with zero attached hydrogens (tertiary/aromatic N) is 2. The number of aromatic nitrogens is 1. The van der Waals surface area contributed by atoms with Crippen LogP contribution < -0.4 is 5.32 Å². The van der Waals surface area contributed by atoms with E-state index in [0.717, 1.165) is 12.8 Å². The number of oxazole rings is 1. The molecule has 0 bridgehead atoms. The van der Waals surface area contributed by atoms with E-state index in [2.05, 4.69) is 24.1 Å². The van der Waals surface area contributed by atoms with Crippen molar-refractivity contribution in [1.29, 1.82) is 0 Å². The van der Waals surface area contributed by atoms with Crippen molar-refractivity contribution in [2.45, 2.75) is 39.2 Å². The summed E-state index contributed by atoms with van der Waals surface area (Å²) in [5, 5.41) is 3.07. The van der Waals surface area contributed by atoms with Gasteiger partial charge in [0.05, 0.1) is 13.2 Å². The summed E-state index contributed by atoms with van der Waals surface area (Å²) in [6.07, 6.45) is 3.54. The molecule has 0 aliphatic carbocycles. The highest BCUT2D eigenvalue weighted by Crippen LogP contribution is 2.24. The normalized spacial score (nSPS) is 19.9. The van der Waals surface area contributed by atoms with Crippen molar-refractivity contribution >= 4 is 11.8 Å². The van der Waals surface area contributed by atoms with Crippen LogP contribution in [0, 0.1) is 11.8 Å². The lowest BCUT2D eigenvalue weighted by atomic mass is 9.97. The average molecular weight is 379 g/mol. The third-order valence-electron chi connectivity index (χ3n) is 4.95. The molecule has 0 saturated carbocycles. The topological polar surface area (TPSA) is 93.9 Å². The Hall–Kier alpha value is -1.93. The van der Waals surface area contributed by atoms with E-state index < -0.39 is 0 Å². The molecule has 1 aromatic rings. The van der Waals surface area contributed by atoms with Gasteiger partial charge in [0, 0.05) is 32.2 Å². The Bertz CT molecular complexity index is 633. The molecular formula is C19H29N3O5. The summed E-state index contributed by atoms with van der Waals surface area (Å²) < 4.78 is 16.2. The van der Waals surface area contributed by atoms with Gasteiger partial charge in [-0.25, -0.2) is 4.98 Å². The van der Waals surface area contributed by atoms with Gasteiger partial charge in [-0.3, -0.25) is 9.59 Å². The second-order valence-corrected chi connectivity index (χ2v) is 7.55. The molecule has 1 aromatic heterocycles. The maximum Gasteiger partial charge on any atom is 0.275 e. The SMILES string of the molecule is CC(C)C[C@H](NC(=O)C1CCOCC1)c1nc(C(=O)N2CCOCC2)co1. The van der Waals surface area contributed by atoms with Crippen LogP contribution in [-0.2, 0) is 14.3 Å². The Kier molecular flexibility index (Phi) is 6.84. The van der Waals surface area contributed by atoms with Gasteiger partial charge >= 0.3 is 0 Å². The highest BCUT2D eigenvalue weighted by atomic mass is 16.5. The van der Waals surface area contributed by atoms with Crippen LogP contribution in [0.5, 0.6) is 0 Å². The van der Waals surface area contributed by atoms with Crippen molar-refractivity contribution in [2.75, 3.05) is 39.5 Å². The van der Waals surface area contributed by atoms with Gasteiger partial charge in [0.1, 0.15) is 12.3 Å². The van der Waals surface area contributed by atoms with Gasteiger partial charge in [0.25, 0.3) is 5.91 Å². The van der Waals surface area contributed by atoms with Gasteiger partial charge in [0.15, 0.2) is 5.69 Å². The molecule has 2 fully saturated rings. The molecule has 150 valence electrons. The van der Waals surface area contributed by atoms with Gasteiger partial charge in [0.2, 0.25) is 11.8 Å². The lowest BCUT2D eigenvalue weighted by Gasteiger charge is -2.26. The number of carbonyl (C=O) groups is 2. The number of morpholine rings is 1. The van der Waals surface area contributed by atoms with E-state index in [1.54, 1.807) is 4.90 Å². The first kappa shape index (κ1) is 19.8. The maximum absolute atomic E-state index is 12.6. The lowest BCUT2D eigenvalue weighted by molar-refractivity contribution is -0.128. The Morgan fingerprint density at radius 2 is 1.85 bits per heavy atom. The zero-order valence-corrected chi connectivity index (χ0v) is 16.1. The van der Waals surface area contributed by atoms with Crippen LogP contribution in [0.3, 0.4) is 0 Å². The molecule has 0 spiro atoms. The Morgan fingerprint density at radius 1 is 1.19 bits per heavy atom. The van der Waals surface area contributed by atoms with Crippen LogP contribution in [0.4, 0.5) is 0 Å². The van der Waals surface area contributed by atoms with Gasteiger partial charge in [-0.2, -0.15) is 0 Å². The molecule has 1 N–H and O–H groups in total. The minimum atomic E-state index is -0.341. The third-order valence-corrected chi connectivity index (χ3v) is 4.95. The highest BCUT2D eigenvalue weighted by Gasteiger charge is 2.29. The van der Waals surface area contributed by atoms with Gasteiger partial charge < -0.3 is 24.1 Å². The summed E-state index contributed by atoms with van der Waals surface area (Å²) in [5.41, 5.74) is 0.279. The fraction of sp³-hybridized carbons (Fsp3) is 0.737. The van der Waals surface area contributed by atoms with Crippen molar-refractivity contribution in [3.63, 3.8) is 0 Å². The van der Waals surface area contributed by atoms with Crippen molar-refractivity contribution < 1.29 is 23.5 Å². The molecule has 8 heteroatoms. The first-order valence-electron chi connectivity index (χ1n) is 9.75. The van der Waals surface area contributed by atoms with Crippen LogP contribution >= 0.6 is 0 Å². The van der Waals surface area contributed by atoms with Crippen molar-refractivity contribution in [3.05, 3.63) is 17.8 Å². The summed E-state index contributed by atoms with van der Waals surface area (Å²) in [7, 11) is 0. The summed E-state index contributed by atoms with van der Waals surface area (Å²) >= 11 is 0. The number of ether oxygens (including phenoxy) is 2. The van der Waals surface area contributed by atoms with Crippen molar-refractivity contribution in [3.8, 4) is 0 Å². The number of hydrogen-bond acceptors (Lipinski definition) is 6. The number of rotatable bonds is 6. The molecular weight excluding hydrogens is 350 g/mol. The minimum absolute atomic E-state index is 0.00297. The first-order valence-corrected chi connectivity index (χ1v) is 9.75. The summed E-state index contributed by atoms with van der Waals surface area (Å²) in [6.45, 7) is 7.57. The highest BCUT2D eigenvalue weighted by molar-refractivity contribution is 5.92. The molecule has 0 aromatic carbocycles. The molecule has 2 amide bonds. The van der Waals surface area contributed by atoms with E-state index in [9.17, 15) is 9.59 Å². The molecule has 3 heterocycles. The predicted octanol–water partition coefficient (Wildman–Crippen LogP) is 1.78. The van der Waals surface area contributed by atoms with Crippen LogP contribution in [0.1, 0.15) is 55.5 Å². The molecule has 27 heavy (non-hydrogen) atoms. The molecule has 0 unspecified atom stereocenters. The molecule has 8 nitrogen and oxygen atoms in total. The van der Waals surface area contributed by atoms with Crippen molar-refractivity contribution in [1.82, 2.24) is 15.2 Å². The van der Waals surface area contributed by atoms with E-state index in [-0.39, 0.29) is 29.5 Å². The average Bonchev–Trinajstić information content (AvgIpc) is 3.18. The van der Waals surface area contributed by atoms with E-state index in [0.29, 0.717) is 57.7 Å². The van der Waals surface area contributed by atoms with Crippen molar-refractivity contribution in [2.24, 2.45) is 11.8 Å². The van der Waals surface area contributed by atoms with E-state index in [4.69, 9.17) is 13.9 Å². The van der Waals surface area contributed by atoms with Gasteiger partial charge in [-0.15, -0.1) is 0 Å². The third kappa shape index (κ3) is 5.29. The maximum atomic E-state index is 12.6. The van der Waals surface area contributed by atoms with Crippen LogP contribution in [0.15, 0.2) is 10.7 Å². The minimum Gasteiger partial charge on any atom is -0.446 e. The zero-order valence-electron chi connectivity index (χ0n) is 16.1. The second-order valence-electron chi connectivity index (χ2n) is 7.55. The predicted molar refractivity (Wildman–Crippen MR) is 97.1 cm³/mol. The smallest absolute Gasteiger partial charge is 0.275 e. The quantitative estimate of drug-likeness (QED) is 0.810. The number of amides is 2. The van der Waals surface area contributed by atoms with E-state index in [1.165, 1.54) is 6.26 Å². The largest absolute Gasteiger partial charge is 0.446 e. The molecule has 3 rings (SSSR count). The molecule has 0 radical (unpaired) electrons. The van der Waals surface area contributed by atoms with E-state index >= 15 is 0 Å². The van der Waals surface area contributed by atoms with Crippen LogP contribution in [0.2, 0.25) is 0 Å². The Labute approximate surface area is 159 Å². The second kappa shape index (κ2) is 9.32. The molecule has 2 aliphatic heterocycles. The van der Waals surface area contributed by atoms with Gasteiger partial charge in [-0.1, -0.05) is 13.8 Å². The monoisotopic (exact) mass is 379 g/mol. The molecule has 2 saturated heterocycles. The first-order chi connectivity index (χ1) is 13.0. The van der Waals surface area contributed by atoms with Gasteiger partial charge in [-0.05, 0) is 25.2 Å². The zero-order chi connectivity index (χ0) is 19.2. The summed E-state index contributed by atoms with van der Waals surface area (Å²) in [6, 6.07) is -0.341. The van der Waals surface area contributed by atoms with Crippen LogP contribution in [0.25, 0.3) is 0 Å². The Balaban J connectivity index is 1.68. The fourth-order valence-electron chi connectivity index (χ4n) is 3.42. The number of carbonyl (C=O) groups excluding carboxylic acids is 2. The number of nitrogens with one attached hydrogen (secondary N) is 1. The molecule has 2 aliphatic rings. The number of hydrogen-bond donors (Lipinski definition) is 1. The lowest BCUT2D eigenvalue weighted by Crippen LogP contribution is -2.41. The summed E-state index contributed by atoms with van der Waals surface area (Å²) in [5.74, 6) is 0.532. The van der Waals surface area contributed by atoms with E-state index in [1.807, 2.05) is 0 Å².